The topological polar surface area (TPSA) is 57.1 Å². The molecule has 1 heterocycles. The summed E-state index contributed by atoms with van der Waals surface area (Å²) in [5, 5.41) is 0. The maximum atomic E-state index is 13.5. The molecule has 3 aromatic rings. The minimum absolute atomic E-state index is 0.0699. The molecule has 7 heteroatoms. The van der Waals surface area contributed by atoms with Gasteiger partial charge in [-0.15, -0.1) is 0 Å². The molecule has 0 N–H and O–H groups in total. The van der Waals surface area contributed by atoms with E-state index < -0.39 is 11.8 Å². The molecule has 1 aliphatic rings. The first-order valence-corrected chi connectivity index (χ1v) is 10.8. The summed E-state index contributed by atoms with van der Waals surface area (Å²) in [6.07, 6.45) is 1.60. The molecule has 3 aromatic carbocycles. The van der Waals surface area contributed by atoms with Crippen LogP contribution in [0.25, 0.3) is 6.08 Å². The minimum atomic E-state index is -0.599. The van der Waals surface area contributed by atoms with Crippen molar-refractivity contribution in [1.82, 2.24) is 0 Å². The van der Waals surface area contributed by atoms with Crippen LogP contribution in [-0.2, 0) is 16.1 Å². The normalized spacial score (nSPS) is 14.3. The molecule has 1 aliphatic heterocycles. The number of carbonyl (C=O) groups is 1. The van der Waals surface area contributed by atoms with Crippen LogP contribution in [-0.4, -0.2) is 19.0 Å². The predicted octanol–water partition coefficient (Wildman–Crippen LogP) is 5.67. The van der Waals surface area contributed by atoms with Crippen LogP contribution in [0.3, 0.4) is 0 Å². The third-order valence-electron chi connectivity index (χ3n) is 4.75. The second-order valence-corrected chi connectivity index (χ2v) is 8.32. The number of methoxy groups -OCH3 is 1. The molecule has 0 saturated heterocycles. The summed E-state index contributed by atoms with van der Waals surface area (Å²) in [6, 6.07) is 17.5. The molecule has 0 radical (unpaired) electrons. The number of esters is 1. The molecule has 0 fully saturated rings. The quantitative estimate of drug-likeness (QED) is 0.229. The Morgan fingerprint density at radius 3 is 2.62 bits per heavy atom. The number of cyclic esters (lactones) is 1. The Morgan fingerprint density at radius 1 is 1.12 bits per heavy atom. The van der Waals surface area contributed by atoms with Gasteiger partial charge in [0.2, 0.25) is 5.90 Å². The third-order valence-corrected chi connectivity index (χ3v) is 5.55. The van der Waals surface area contributed by atoms with Crippen molar-refractivity contribution < 1.29 is 23.4 Å². The van der Waals surface area contributed by atoms with Crippen molar-refractivity contribution in [1.29, 1.82) is 0 Å². The van der Waals surface area contributed by atoms with Gasteiger partial charge in [0.15, 0.2) is 17.2 Å². The highest BCUT2D eigenvalue weighted by Crippen LogP contribution is 2.35. The average Bonchev–Trinajstić information content (AvgIpc) is 3.14. The molecule has 32 heavy (non-hydrogen) atoms. The van der Waals surface area contributed by atoms with E-state index in [1.807, 2.05) is 37.3 Å². The summed E-state index contributed by atoms with van der Waals surface area (Å²) in [4.78, 5) is 16.5. The van der Waals surface area contributed by atoms with Gasteiger partial charge in [-0.25, -0.2) is 14.2 Å². The van der Waals surface area contributed by atoms with Gasteiger partial charge >= 0.3 is 5.97 Å². The fraction of sp³-hybridized carbons (Fsp3) is 0.120. The zero-order valence-electron chi connectivity index (χ0n) is 17.4. The molecule has 0 saturated carbocycles. The molecule has 0 bridgehead atoms. The van der Waals surface area contributed by atoms with Gasteiger partial charge < -0.3 is 14.2 Å². The molecule has 4 rings (SSSR count). The fourth-order valence-electron chi connectivity index (χ4n) is 3.12. The van der Waals surface area contributed by atoms with Crippen LogP contribution in [0, 0.1) is 16.3 Å². The number of halogens is 2. The van der Waals surface area contributed by atoms with Crippen molar-refractivity contribution in [2.75, 3.05) is 7.11 Å². The number of nitrogens with zero attached hydrogens (tertiary/aromatic N) is 1. The summed E-state index contributed by atoms with van der Waals surface area (Å²) in [6.45, 7) is 2.44. The summed E-state index contributed by atoms with van der Waals surface area (Å²) in [7, 11) is 1.56. The minimum Gasteiger partial charge on any atom is -0.493 e. The number of aliphatic imine (C=N–C) groups is 1. The molecule has 0 amide bonds. The van der Waals surface area contributed by atoms with E-state index >= 15 is 0 Å². The number of aryl methyl sites for hydroxylation is 1. The summed E-state index contributed by atoms with van der Waals surface area (Å²) < 4.78 is 31.0. The number of benzene rings is 3. The van der Waals surface area contributed by atoms with Crippen molar-refractivity contribution in [2.45, 2.75) is 13.5 Å². The highest BCUT2D eigenvalue weighted by molar-refractivity contribution is 14.1. The lowest BCUT2D eigenvalue weighted by Crippen LogP contribution is -2.05. The van der Waals surface area contributed by atoms with E-state index in [0.29, 0.717) is 29.2 Å². The van der Waals surface area contributed by atoms with Gasteiger partial charge in [-0.05, 0) is 77.0 Å². The monoisotopic (exact) mass is 543 g/mol. The number of hydrogen-bond donors (Lipinski definition) is 0. The van der Waals surface area contributed by atoms with E-state index in [4.69, 9.17) is 14.2 Å². The molecule has 5 nitrogen and oxygen atoms in total. The summed E-state index contributed by atoms with van der Waals surface area (Å²) >= 11 is 2.16. The highest BCUT2D eigenvalue weighted by Gasteiger charge is 2.24. The first-order chi connectivity index (χ1) is 15.4. The van der Waals surface area contributed by atoms with Crippen LogP contribution in [0.2, 0.25) is 0 Å². The molecule has 162 valence electrons. The first-order valence-electron chi connectivity index (χ1n) is 9.77. The van der Waals surface area contributed by atoms with Crippen molar-refractivity contribution in [2.24, 2.45) is 4.99 Å². The lowest BCUT2D eigenvalue weighted by molar-refractivity contribution is -0.129. The Bertz CT molecular complexity index is 1240. The van der Waals surface area contributed by atoms with Crippen molar-refractivity contribution in [3.05, 3.63) is 98.0 Å². The molecular weight excluding hydrogens is 524 g/mol. The first kappa shape index (κ1) is 22.0. The highest BCUT2D eigenvalue weighted by atomic mass is 127. The molecule has 0 aliphatic carbocycles. The van der Waals surface area contributed by atoms with Crippen LogP contribution in [0.1, 0.15) is 22.3 Å². The Morgan fingerprint density at radius 2 is 1.91 bits per heavy atom. The van der Waals surface area contributed by atoms with E-state index in [2.05, 4.69) is 27.6 Å². The van der Waals surface area contributed by atoms with Gasteiger partial charge in [-0.2, -0.15) is 0 Å². The lowest BCUT2D eigenvalue weighted by Gasteiger charge is -2.14. The van der Waals surface area contributed by atoms with Crippen LogP contribution >= 0.6 is 22.6 Å². The van der Waals surface area contributed by atoms with Gasteiger partial charge in [0.05, 0.1) is 10.7 Å². The number of carbonyl (C=O) groups excluding carboxylic acids is 1. The van der Waals surface area contributed by atoms with Gasteiger partial charge in [-0.1, -0.05) is 35.9 Å². The van der Waals surface area contributed by atoms with Crippen molar-refractivity contribution in [3.63, 3.8) is 0 Å². The maximum absolute atomic E-state index is 13.5. The second kappa shape index (κ2) is 9.52. The van der Waals surface area contributed by atoms with Crippen LogP contribution < -0.4 is 9.47 Å². The van der Waals surface area contributed by atoms with Gasteiger partial charge in [0.25, 0.3) is 0 Å². The standard InChI is InChI=1S/C25H19FINO4/c1-15-6-8-16(9-7-15)14-31-23-20(27)10-17(12-22(23)30-2)11-21-25(29)32-24(28-21)18-4-3-5-19(26)13-18/h3-13H,14H2,1-2H3/b21-11-. The fourth-order valence-corrected chi connectivity index (χ4v) is 3.90. The van der Waals surface area contributed by atoms with E-state index in [-0.39, 0.29) is 11.6 Å². The molecular formula is C25H19FINO4. The third kappa shape index (κ3) is 4.99. The Labute approximate surface area is 198 Å². The molecule has 0 aromatic heterocycles. The Kier molecular flexibility index (Phi) is 6.55. The predicted molar refractivity (Wildman–Crippen MR) is 128 cm³/mol. The zero-order valence-corrected chi connectivity index (χ0v) is 19.6. The van der Waals surface area contributed by atoms with Gasteiger partial charge in [-0.3, -0.25) is 0 Å². The molecule has 0 spiro atoms. The number of hydrogen-bond acceptors (Lipinski definition) is 5. The van der Waals surface area contributed by atoms with E-state index in [9.17, 15) is 9.18 Å². The van der Waals surface area contributed by atoms with Crippen molar-refractivity contribution >= 4 is 40.5 Å². The van der Waals surface area contributed by atoms with E-state index in [0.717, 1.165) is 9.13 Å². The maximum Gasteiger partial charge on any atom is 0.363 e. The van der Waals surface area contributed by atoms with Crippen molar-refractivity contribution in [3.8, 4) is 11.5 Å². The van der Waals surface area contributed by atoms with E-state index in [1.165, 1.54) is 23.8 Å². The molecule has 0 atom stereocenters. The zero-order chi connectivity index (χ0) is 22.7. The lowest BCUT2D eigenvalue weighted by atomic mass is 10.1. The number of ether oxygens (including phenoxy) is 3. The SMILES string of the molecule is COc1cc(/C=C2\N=C(c3cccc(F)c3)OC2=O)cc(I)c1OCc1ccc(C)cc1. The average molecular weight is 543 g/mol. The summed E-state index contributed by atoms with van der Waals surface area (Å²) in [5.74, 6) is 0.197. The number of rotatable bonds is 6. The van der Waals surface area contributed by atoms with Crippen LogP contribution in [0.5, 0.6) is 11.5 Å². The van der Waals surface area contributed by atoms with E-state index in [1.54, 1.807) is 25.3 Å². The van der Waals surface area contributed by atoms with Crippen LogP contribution in [0.15, 0.2) is 71.4 Å². The smallest absolute Gasteiger partial charge is 0.363 e. The van der Waals surface area contributed by atoms with Gasteiger partial charge in [0.1, 0.15) is 12.4 Å². The second-order valence-electron chi connectivity index (χ2n) is 7.15. The molecule has 0 unspecified atom stereocenters. The Hall–Kier alpha value is -3.20. The Balaban J connectivity index is 1.59. The van der Waals surface area contributed by atoms with Crippen LogP contribution in [0.4, 0.5) is 4.39 Å². The largest absolute Gasteiger partial charge is 0.493 e. The van der Waals surface area contributed by atoms with Gasteiger partial charge in [0, 0.05) is 5.56 Å². The summed E-state index contributed by atoms with van der Waals surface area (Å²) in [5.41, 5.74) is 3.45.